The molecule has 4 rings (SSSR count). The van der Waals surface area contributed by atoms with E-state index < -0.39 is 27.5 Å². The molecule has 0 bridgehead atoms. The fraction of sp³-hybridized carbons (Fsp3) is 0.259. The Morgan fingerprint density at radius 3 is 2.31 bits per heavy atom. The van der Waals surface area contributed by atoms with Crippen molar-refractivity contribution in [1.82, 2.24) is 10.3 Å². The topological polar surface area (TPSA) is 130 Å². The molecule has 0 aliphatic heterocycles. The van der Waals surface area contributed by atoms with E-state index in [4.69, 9.17) is 23.2 Å². The highest BCUT2D eigenvalue weighted by Gasteiger charge is 2.18. The summed E-state index contributed by atoms with van der Waals surface area (Å²) in [7, 11) is -2.99. The minimum absolute atomic E-state index is 0.0427. The van der Waals surface area contributed by atoms with Gasteiger partial charge in [0.15, 0.2) is 0 Å². The molecule has 204 valence electrons. The number of hydrogen-bond donors (Lipinski definition) is 3. The lowest BCUT2D eigenvalue weighted by Gasteiger charge is -2.12. The van der Waals surface area contributed by atoms with Crippen molar-refractivity contribution < 1.29 is 18.6 Å². The monoisotopic (exact) mass is 587 g/mol. The van der Waals surface area contributed by atoms with Crippen LogP contribution in [0.15, 0.2) is 70.1 Å². The average Bonchev–Trinajstić information content (AvgIpc) is 3.43. The molecule has 12 heteroatoms. The van der Waals surface area contributed by atoms with Crippen LogP contribution in [0.1, 0.15) is 46.4 Å². The maximum atomic E-state index is 13.1. The SMILES string of the molecule is CS(=O)(=NC(=O)CNC1CCCC1)c1ccc(C(=O)Nc2ccc(Cl)cc2C(=O)Nc2ccc(Cl)cn2)cc1. The number of anilines is 2. The van der Waals surface area contributed by atoms with Crippen LogP contribution in [-0.4, -0.2) is 45.8 Å². The second-order valence-corrected chi connectivity index (χ2v) is 12.3. The summed E-state index contributed by atoms with van der Waals surface area (Å²) < 4.78 is 17.0. The zero-order valence-electron chi connectivity index (χ0n) is 21.1. The first kappa shape index (κ1) is 28.7. The van der Waals surface area contributed by atoms with E-state index in [-0.39, 0.29) is 29.2 Å². The Morgan fingerprint density at radius 1 is 0.949 bits per heavy atom. The van der Waals surface area contributed by atoms with Crippen molar-refractivity contribution >= 4 is 62.2 Å². The van der Waals surface area contributed by atoms with Gasteiger partial charge in [-0.1, -0.05) is 36.0 Å². The van der Waals surface area contributed by atoms with Crippen molar-refractivity contribution in [2.75, 3.05) is 23.4 Å². The summed E-state index contributed by atoms with van der Waals surface area (Å²) in [6.07, 6.45) is 7.12. The van der Waals surface area contributed by atoms with Crippen molar-refractivity contribution in [3.05, 3.63) is 82.0 Å². The van der Waals surface area contributed by atoms with Gasteiger partial charge in [-0.2, -0.15) is 4.36 Å². The van der Waals surface area contributed by atoms with E-state index in [1.165, 1.54) is 48.9 Å². The molecule has 1 saturated carbocycles. The molecule has 1 aromatic heterocycles. The van der Waals surface area contributed by atoms with Crippen LogP contribution in [0.2, 0.25) is 10.0 Å². The zero-order valence-corrected chi connectivity index (χ0v) is 23.4. The number of amides is 3. The predicted molar refractivity (Wildman–Crippen MR) is 153 cm³/mol. The Morgan fingerprint density at radius 2 is 1.64 bits per heavy atom. The number of rotatable bonds is 8. The standard InChI is InChI=1S/C27H27Cl2N5O4S/c1-39(38,34-25(35)16-30-20-4-2-3-5-20)21-10-6-17(7-11-21)26(36)32-23-12-8-18(28)14-22(23)27(37)33-24-13-9-19(29)15-31-24/h6-15,20,30H,2-5,16H2,1H3,(H,32,36)(H,31,33,37). The average molecular weight is 589 g/mol. The molecule has 3 aromatic rings. The van der Waals surface area contributed by atoms with Crippen LogP contribution in [0.5, 0.6) is 0 Å². The second kappa shape index (κ2) is 12.7. The van der Waals surface area contributed by atoms with Crippen LogP contribution in [0.4, 0.5) is 11.5 Å². The first-order chi connectivity index (χ1) is 18.6. The summed E-state index contributed by atoms with van der Waals surface area (Å²) in [5.41, 5.74) is 0.614. The van der Waals surface area contributed by atoms with Gasteiger partial charge in [-0.25, -0.2) is 9.19 Å². The van der Waals surface area contributed by atoms with Gasteiger partial charge in [-0.3, -0.25) is 14.4 Å². The Hall–Kier alpha value is -3.31. The van der Waals surface area contributed by atoms with Gasteiger partial charge < -0.3 is 16.0 Å². The van der Waals surface area contributed by atoms with Crippen molar-refractivity contribution in [3.8, 4) is 0 Å². The lowest BCUT2D eigenvalue weighted by atomic mass is 10.1. The van der Waals surface area contributed by atoms with Gasteiger partial charge in [0.25, 0.3) is 17.7 Å². The number of benzene rings is 2. The molecule has 1 aliphatic carbocycles. The lowest BCUT2D eigenvalue weighted by Crippen LogP contribution is -2.31. The molecular weight excluding hydrogens is 561 g/mol. The molecule has 0 radical (unpaired) electrons. The van der Waals surface area contributed by atoms with Crippen LogP contribution in [0.3, 0.4) is 0 Å². The number of carbonyl (C=O) groups is 3. The third-order valence-electron chi connectivity index (χ3n) is 6.17. The van der Waals surface area contributed by atoms with Crippen LogP contribution < -0.4 is 16.0 Å². The Kier molecular flexibility index (Phi) is 9.34. The van der Waals surface area contributed by atoms with Crippen molar-refractivity contribution in [2.24, 2.45) is 4.36 Å². The molecule has 3 N–H and O–H groups in total. The largest absolute Gasteiger partial charge is 0.321 e. The molecular formula is C27H27Cl2N5O4S. The number of carbonyl (C=O) groups excluding carboxylic acids is 3. The van der Waals surface area contributed by atoms with E-state index in [0.717, 1.165) is 25.7 Å². The molecule has 39 heavy (non-hydrogen) atoms. The van der Waals surface area contributed by atoms with Crippen molar-refractivity contribution in [1.29, 1.82) is 0 Å². The van der Waals surface area contributed by atoms with Crippen LogP contribution in [-0.2, 0) is 14.5 Å². The van der Waals surface area contributed by atoms with E-state index in [9.17, 15) is 18.6 Å². The summed E-state index contributed by atoms with van der Waals surface area (Å²) in [6.45, 7) is 0.0427. The first-order valence-electron chi connectivity index (χ1n) is 12.2. The summed E-state index contributed by atoms with van der Waals surface area (Å²) in [4.78, 5) is 42.5. The number of nitrogens with zero attached hydrogens (tertiary/aromatic N) is 2. The molecule has 1 atom stereocenters. The highest BCUT2D eigenvalue weighted by molar-refractivity contribution is 7.93. The van der Waals surface area contributed by atoms with Crippen LogP contribution in [0, 0.1) is 0 Å². The van der Waals surface area contributed by atoms with Gasteiger partial charge in [0.2, 0.25) is 0 Å². The number of aromatic nitrogens is 1. The second-order valence-electron chi connectivity index (χ2n) is 9.13. The molecule has 0 spiro atoms. The molecule has 1 heterocycles. The smallest absolute Gasteiger partial charge is 0.267 e. The van der Waals surface area contributed by atoms with E-state index in [2.05, 4.69) is 25.3 Å². The quantitative estimate of drug-likeness (QED) is 0.323. The summed E-state index contributed by atoms with van der Waals surface area (Å²) >= 11 is 11.9. The number of pyridine rings is 1. The maximum absolute atomic E-state index is 13.1. The number of halogens is 2. The molecule has 1 fully saturated rings. The minimum atomic E-state index is -2.99. The molecule has 3 amide bonds. The van der Waals surface area contributed by atoms with Gasteiger partial charge in [-0.15, -0.1) is 0 Å². The first-order valence-corrected chi connectivity index (χ1v) is 14.9. The minimum Gasteiger partial charge on any atom is -0.321 e. The Balaban J connectivity index is 1.44. The molecule has 0 saturated heterocycles. The maximum Gasteiger partial charge on any atom is 0.267 e. The molecule has 2 aromatic carbocycles. The summed E-state index contributed by atoms with van der Waals surface area (Å²) in [6, 6.07) is 13.9. The summed E-state index contributed by atoms with van der Waals surface area (Å²) in [5, 5.41) is 9.24. The third-order valence-corrected chi connectivity index (χ3v) is 8.33. The molecule has 1 unspecified atom stereocenters. The normalized spacial score (nSPS) is 14.8. The summed E-state index contributed by atoms with van der Waals surface area (Å²) in [5.74, 6) is -1.23. The predicted octanol–water partition coefficient (Wildman–Crippen LogP) is 5.41. The number of hydrogen-bond acceptors (Lipinski definition) is 6. The fourth-order valence-electron chi connectivity index (χ4n) is 4.14. The van der Waals surface area contributed by atoms with Gasteiger partial charge >= 0.3 is 0 Å². The third kappa shape index (κ3) is 7.86. The van der Waals surface area contributed by atoms with E-state index >= 15 is 0 Å². The molecule has 9 nitrogen and oxygen atoms in total. The van der Waals surface area contributed by atoms with Crippen LogP contribution in [0.25, 0.3) is 0 Å². The van der Waals surface area contributed by atoms with Crippen molar-refractivity contribution in [2.45, 2.75) is 36.6 Å². The van der Waals surface area contributed by atoms with Gasteiger partial charge in [0.1, 0.15) is 5.82 Å². The highest BCUT2D eigenvalue weighted by Crippen LogP contribution is 2.23. The highest BCUT2D eigenvalue weighted by atomic mass is 35.5. The van der Waals surface area contributed by atoms with E-state index in [1.54, 1.807) is 18.2 Å². The lowest BCUT2D eigenvalue weighted by molar-refractivity contribution is -0.116. The fourth-order valence-corrected chi connectivity index (χ4v) is 5.62. The number of nitrogens with one attached hydrogen (secondary N) is 3. The van der Waals surface area contributed by atoms with Gasteiger partial charge in [-0.05, 0) is 67.4 Å². The van der Waals surface area contributed by atoms with Gasteiger partial charge in [0.05, 0.1) is 32.5 Å². The van der Waals surface area contributed by atoms with E-state index in [0.29, 0.717) is 21.0 Å². The van der Waals surface area contributed by atoms with Crippen molar-refractivity contribution in [3.63, 3.8) is 0 Å². The van der Waals surface area contributed by atoms with E-state index in [1.807, 2.05) is 0 Å². The Labute approximate surface area is 236 Å². The molecule has 1 aliphatic rings. The zero-order chi connectivity index (χ0) is 28.0. The van der Waals surface area contributed by atoms with Gasteiger partial charge in [0, 0.05) is 34.0 Å². The van der Waals surface area contributed by atoms with Crippen LogP contribution >= 0.6 is 23.2 Å². The Bertz CT molecular complexity index is 1500.